The minimum absolute atomic E-state index is 0.0615. The molecular formula is C23H21N2O10P-2. The Morgan fingerprint density at radius 1 is 0.972 bits per heavy atom. The molecule has 2 aromatic heterocycles. The molecule has 190 valence electrons. The third kappa shape index (κ3) is 4.49. The van der Waals surface area contributed by atoms with E-state index < -0.39 is 19.4 Å². The van der Waals surface area contributed by atoms with E-state index in [-0.39, 0.29) is 45.1 Å². The smallest absolute Gasteiger partial charge is 0.209 e. The van der Waals surface area contributed by atoms with Crippen molar-refractivity contribution in [2.75, 3.05) is 28.4 Å². The molecule has 2 heterocycles. The van der Waals surface area contributed by atoms with E-state index in [1.54, 1.807) is 13.2 Å². The van der Waals surface area contributed by atoms with Crippen LogP contribution in [0.4, 0.5) is 0 Å². The van der Waals surface area contributed by atoms with Gasteiger partial charge in [0.05, 0.1) is 45.8 Å². The van der Waals surface area contributed by atoms with Crippen LogP contribution in [0.15, 0.2) is 41.1 Å². The molecule has 12 nitrogen and oxygen atoms in total. The fourth-order valence-corrected chi connectivity index (χ4v) is 4.20. The monoisotopic (exact) mass is 516 g/mol. The molecule has 0 aliphatic carbocycles. The molecule has 0 aliphatic rings. The summed E-state index contributed by atoms with van der Waals surface area (Å²) in [5.41, 5.74) is 0.470. The standard InChI is InChI=1S/C23H23N2O10P/c1-25-11-13(10-24-25)20-18(19(26)12-8-16(31-3)22(33-5)17(9-12)32-4)14-6-7-15(30-2)23(21(14)34-20)35-36(27,28)29/h6-11H,1-5H3,(H2,27,28,29)/p-2. The number of benzene rings is 2. The molecule has 4 aromatic rings. The minimum Gasteiger partial charge on any atom is -0.780 e. The number of ketones is 1. The summed E-state index contributed by atoms with van der Waals surface area (Å²) in [6.45, 7) is 0. The Kier molecular flexibility index (Phi) is 6.68. The van der Waals surface area contributed by atoms with E-state index in [1.807, 2.05) is 0 Å². The first-order valence-corrected chi connectivity index (χ1v) is 11.8. The average molecular weight is 516 g/mol. The molecule has 13 heteroatoms. The Hall–Kier alpha value is -3.99. The number of methoxy groups -OCH3 is 4. The third-order valence-electron chi connectivity index (χ3n) is 5.32. The van der Waals surface area contributed by atoms with Gasteiger partial charge in [0.1, 0.15) is 13.6 Å². The first kappa shape index (κ1) is 25.1. The van der Waals surface area contributed by atoms with Crippen molar-refractivity contribution < 1.29 is 47.0 Å². The van der Waals surface area contributed by atoms with Gasteiger partial charge in [0.25, 0.3) is 0 Å². The normalized spacial score (nSPS) is 11.4. The van der Waals surface area contributed by atoms with Crippen LogP contribution >= 0.6 is 7.82 Å². The zero-order valence-electron chi connectivity index (χ0n) is 19.9. The lowest BCUT2D eigenvalue weighted by Crippen LogP contribution is -2.19. The number of fused-ring (bicyclic) bond motifs is 1. The molecule has 36 heavy (non-hydrogen) atoms. The van der Waals surface area contributed by atoms with Gasteiger partial charge in [-0.15, -0.1) is 0 Å². The molecule has 0 atom stereocenters. The van der Waals surface area contributed by atoms with Gasteiger partial charge < -0.3 is 42.2 Å². The number of carbonyl (C=O) groups excluding carboxylic acids is 1. The van der Waals surface area contributed by atoms with Gasteiger partial charge in [0.15, 0.2) is 28.6 Å². The predicted octanol–water partition coefficient (Wildman–Crippen LogP) is 2.31. The van der Waals surface area contributed by atoms with Crippen molar-refractivity contribution in [3.63, 3.8) is 0 Å². The quantitative estimate of drug-likeness (QED) is 0.237. The molecular weight excluding hydrogens is 495 g/mol. The van der Waals surface area contributed by atoms with Crippen LogP contribution in [0, 0.1) is 0 Å². The zero-order valence-corrected chi connectivity index (χ0v) is 20.8. The van der Waals surface area contributed by atoms with Gasteiger partial charge in [-0.25, -0.2) is 0 Å². The van der Waals surface area contributed by atoms with Crippen LogP contribution in [0.2, 0.25) is 0 Å². The minimum atomic E-state index is -5.51. The maximum Gasteiger partial charge on any atom is 0.209 e. The highest BCUT2D eigenvalue weighted by atomic mass is 31.2. The van der Waals surface area contributed by atoms with Crippen molar-refractivity contribution in [1.29, 1.82) is 0 Å². The molecule has 0 radical (unpaired) electrons. The number of nitrogens with zero attached hydrogens (tertiary/aromatic N) is 2. The second-order valence-corrected chi connectivity index (χ2v) is 8.54. The molecule has 4 rings (SSSR count). The van der Waals surface area contributed by atoms with Gasteiger partial charge in [-0.05, 0) is 24.3 Å². The molecule has 0 spiro atoms. The van der Waals surface area contributed by atoms with E-state index in [9.17, 15) is 19.1 Å². The summed E-state index contributed by atoms with van der Waals surface area (Å²) in [4.78, 5) is 36.9. The summed E-state index contributed by atoms with van der Waals surface area (Å²) in [6, 6.07) is 5.80. The maximum atomic E-state index is 13.9. The van der Waals surface area contributed by atoms with Gasteiger partial charge >= 0.3 is 0 Å². The molecule has 0 saturated carbocycles. The topological polar surface area (TPSA) is 157 Å². The molecule has 0 amide bonds. The molecule has 0 N–H and O–H groups in total. The third-order valence-corrected chi connectivity index (χ3v) is 5.73. The van der Waals surface area contributed by atoms with Crippen molar-refractivity contribution in [3.8, 4) is 40.1 Å². The van der Waals surface area contributed by atoms with Crippen molar-refractivity contribution in [1.82, 2.24) is 9.78 Å². The number of phosphoric ester groups is 1. The average Bonchev–Trinajstić information content (AvgIpc) is 3.45. The number of rotatable bonds is 9. The van der Waals surface area contributed by atoms with Gasteiger partial charge in [-0.1, -0.05) is 0 Å². The van der Waals surface area contributed by atoms with Crippen molar-refractivity contribution in [2.45, 2.75) is 0 Å². The Labute approximate surface area is 205 Å². The molecule has 0 saturated heterocycles. The first-order chi connectivity index (χ1) is 17.1. The highest BCUT2D eigenvalue weighted by Crippen LogP contribution is 2.47. The van der Waals surface area contributed by atoms with Crippen LogP contribution in [0.1, 0.15) is 15.9 Å². The lowest BCUT2D eigenvalue weighted by Gasteiger charge is -2.29. The number of hydrogen-bond acceptors (Lipinski definition) is 11. The van der Waals surface area contributed by atoms with Crippen molar-refractivity contribution >= 4 is 24.6 Å². The van der Waals surface area contributed by atoms with Gasteiger partial charge in [-0.3, -0.25) is 9.48 Å². The van der Waals surface area contributed by atoms with E-state index in [4.69, 9.17) is 23.4 Å². The molecule has 0 aliphatic heterocycles. The van der Waals surface area contributed by atoms with Crippen molar-refractivity contribution in [3.05, 3.63) is 47.8 Å². The van der Waals surface area contributed by atoms with Crippen LogP contribution in [-0.4, -0.2) is 44.0 Å². The maximum absolute atomic E-state index is 13.9. The lowest BCUT2D eigenvalue weighted by atomic mass is 9.97. The number of aryl methyl sites for hydroxylation is 1. The Bertz CT molecular complexity index is 1480. The number of carbonyl (C=O) groups is 1. The largest absolute Gasteiger partial charge is 0.780 e. The lowest BCUT2D eigenvalue weighted by molar-refractivity contribution is -0.333. The Morgan fingerprint density at radius 3 is 2.11 bits per heavy atom. The molecule has 0 bridgehead atoms. The first-order valence-electron chi connectivity index (χ1n) is 10.3. The summed E-state index contributed by atoms with van der Waals surface area (Å²) in [5, 5.41) is 4.30. The predicted molar refractivity (Wildman–Crippen MR) is 123 cm³/mol. The van der Waals surface area contributed by atoms with Crippen LogP contribution < -0.4 is 33.3 Å². The summed E-state index contributed by atoms with van der Waals surface area (Å²) in [7, 11) is 1.70. The summed E-state index contributed by atoms with van der Waals surface area (Å²) < 4.78 is 44.8. The molecule has 0 fully saturated rings. The Morgan fingerprint density at radius 2 is 1.61 bits per heavy atom. The number of furan rings is 1. The highest BCUT2D eigenvalue weighted by molar-refractivity contribution is 7.43. The van der Waals surface area contributed by atoms with Gasteiger partial charge in [-0.2, -0.15) is 5.10 Å². The van der Waals surface area contributed by atoms with E-state index in [0.29, 0.717) is 11.3 Å². The van der Waals surface area contributed by atoms with Gasteiger partial charge in [0.2, 0.25) is 11.5 Å². The van der Waals surface area contributed by atoms with Crippen LogP contribution in [0.5, 0.6) is 28.7 Å². The summed E-state index contributed by atoms with van der Waals surface area (Å²) in [6.07, 6.45) is 3.07. The summed E-state index contributed by atoms with van der Waals surface area (Å²) >= 11 is 0. The number of aromatic nitrogens is 2. The fraction of sp³-hybridized carbons (Fsp3) is 0.217. The van der Waals surface area contributed by atoms with E-state index in [2.05, 4.69) is 9.62 Å². The summed E-state index contributed by atoms with van der Waals surface area (Å²) in [5.74, 6) is -0.203. The number of phosphoric acid groups is 1. The van der Waals surface area contributed by atoms with E-state index >= 15 is 0 Å². The number of ether oxygens (including phenoxy) is 4. The second kappa shape index (κ2) is 9.57. The SMILES string of the molecule is COc1cc(C(=O)c2c(-c3cnn(C)c3)oc3c(OP(=O)([O-])[O-])c(OC)ccc23)cc(OC)c1OC. The second-order valence-electron chi connectivity index (χ2n) is 7.46. The van der Waals surface area contributed by atoms with E-state index in [1.165, 1.54) is 63.6 Å². The zero-order chi connectivity index (χ0) is 26.2. The highest BCUT2D eigenvalue weighted by Gasteiger charge is 2.29. The molecule has 0 unspecified atom stereocenters. The molecule has 2 aromatic carbocycles. The number of hydrogen-bond donors (Lipinski definition) is 0. The van der Waals surface area contributed by atoms with Crippen molar-refractivity contribution in [2.24, 2.45) is 7.05 Å². The Balaban J connectivity index is 2.03. The van der Waals surface area contributed by atoms with Crippen LogP contribution in [0.3, 0.4) is 0 Å². The van der Waals surface area contributed by atoms with E-state index in [0.717, 1.165) is 0 Å². The van der Waals surface area contributed by atoms with Crippen LogP contribution in [0.25, 0.3) is 22.3 Å². The van der Waals surface area contributed by atoms with Gasteiger partial charge in [0, 0.05) is 24.2 Å². The fourth-order valence-electron chi connectivity index (χ4n) is 3.80. The van der Waals surface area contributed by atoms with Crippen LogP contribution in [-0.2, 0) is 11.6 Å².